The summed E-state index contributed by atoms with van der Waals surface area (Å²) in [5.74, 6) is 0.986. The second-order valence-electron chi connectivity index (χ2n) is 4.57. The van der Waals surface area contributed by atoms with Gasteiger partial charge in [0, 0.05) is 24.1 Å². The van der Waals surface area contributed by atoms with Crippen LogP contribution in [0.25, 0.3) is 0 Å². The third kappa shape index (κ3) is 4.26. The van der Waals surface area contributed by atoms with Gasteiger partial charge in [-0.2, -0.15) is 0 Å². The molecule has 1 heterocycles. The van der Waals surface area contributed by atoms with E-state index in [-0.39, 0.29) is 0 Å². The van der Waals surface area contributed by atoms with Crippen LogP contribution in [-0.2, 0) is 4.74 Å². The normalized spacial score (nSPS) is 16.8. The number of rotatable bonds is 5. The maximum absolute atomic E-state index is 5.80. The van der Waals surface area contributed by atoms with Crippen LogP contribution in [-0.4, -0.2) is 44.4 Å². The molecule has 0 unspecified atom stereocenters. The van der Waals surface area contributed by atoms with Crippen molar-refractivity contribution in [2.45, 2.75) is 13.3 Å². The monoisotopic (exact) mass is 313 g/mol. The van der Waals surface area contributed by atoms with Crippen LogP contribution in [0.1, 0.15) is 12.0 Å². The van der Waals surface area contributed by atoms with Crippen LogP contribution in [0.3, 0.4) is 0 Å². The van der Waals surface area contributed by atoms with Crippen LogP contribution >= 0.6 is 15.9 Å². The van der Waals surface area contributed by atoms with Gasteiger partial charge in [0.1, 0.15) is 5.75 Å². The summed E-state index contributed by atoms with van der Waals surface area (Å²) >= 11 is 3.46. The first kappa shape index (κ1) is 13.8. The Hall–Kier alpha value is -0.580. The smallest absolute Gasteiger partial charge is 0.122 e. The lowest BCUT2D eigenvalue weighted by molar-refractivity contribution is 0.0358. The second-order valence-corrected chi connectivity index (χ2v) is 5.48. The number of halogens is 1. The topological polar surface area (TPSA) is 21.7 Å². The van der Waals surface area contributed by atoms with Gasteiger partial charge in [-0.1, -0.05) is 15.9 Å². The molecule has 1 aliphatic heterocycles. The van der Waals surface area contributed by atoms with E-state index in [1.165, 1.54) is 5.56 Å². The molecule has 1 fully saturated rings. The molecule has 0 radical (unpaired) electrons. The predicted octanol–water partition coefficient (Wildman–Crippen LogP) is 2.86. The average molecular weight is 314 g/mol. The third-order valence-corrected chi connectivity index (χ3v) is 3.61. The summed E-state index contributed by atoms with van der Waals surface area (Å²) in [5.41, 5.74) is 1.18. The van der Waals surface area contributed by atoms with Gasteiger partial charge in [0.15, 0.2) is 0 Å². The van der Waals surface area contributed by atoms with E-state index in [0.29, 0.717) is 0 Å². The van der Waals surface area contributed by atoms with Gasteiger partial charge in [-0.15, -0.1) is 0 Å². The minimum Gasteiger partial charge on any atom is -0.493 e. The number of morpholine rings is 1. The maximum Gasteiger partial charge on any atom is 0.122 e. The minimum absolute atomic E-state index is 0.778. The second kappa shape index (κ2) is 7.12. The van der Waals surface area contributed by atoms with Gasteiger partial charge in [-0.05, 0) is 37.1 Å². The predicted molar refractivity (Wildman–Crippen MR) is 76.3 cm³/mol. The summed E-state index contributed by atoms with van der Waals surface area (Å²) in [5, 5.41) is 0. The van der Waals surface area contributed by atoms with Crippen molar-refractivity contribution in [1.29, 1.82) is 0 Å². The van der Waals surface area contributed by atoms with Crippen molar-refractivity contribution in [2.24, 2.45) is 0 Å². The Morgan fingerprint density at radius 3 is 2.83 bits per heavy atom. The van der Waals surface area contributed by atoms with E-state index in [0.717, 1.165) is 56.1 Å². The van der Waals surface area contributed by atoms with Gasteiger partial charge < -0.3 is 9.47 Å². The Labute approximate surface area is 117 Å². The first-order chi connectivity index (χ1) is 8.75. The van der Waals surface area contributed by atoms with Crippen LogP contribution in [0.15, 0.2) is 22.7 Å². The quantitative estimate of drug-likeness (QED) is 0.780. The van der Waals surface area contributed by atoms with E-state index >= 15 is 0 Å². The van der Waals surface area contributed by atoms with E-state index in [4.69, 9.17) is 9.47 Å². The average Bonchev–Trinajstić information content (AvgIpc) is 2.38. The fraction of sp³-hybridized carbons (Fsp3) is 0.571. The van der Waals surface area contributed by atoms with Crippen molar-refractivity contribution in [3.63, 3.8) is 0 Å². The van der Waals surface area contributed by atoms with Crippen LogP contribution in [0.5, 0.6) is 5.75 Å². The minimum atomic E-state index is 0.778. The molecule has 0 spiro atoms. The lowest BCUT2D eigenvalue weighted by Gasteiger charge is -2.26. The highest BCUT2D eigenvalue weighted by molar-refractivity contribution is 9.10. The van der Waals surface area contributed by atoms with Crippen LogP contribution < -0.4 is 4.74 Å². The number of aryl methyl sites for hydroxylation is 1. The van der Waals surface area contributed by atoms with E-state index < -0.39 is 0 Å². The zero-order chi connectivity index (χ0) is 12.8. The lowest BCUT2D eigenvalue weighted by atomic mass is 10.2. The van der Waals surface area contributed by atoms with Crippen LogP contribution in [0.2, 0.25) is 0 Å². The van der Waals surface area contributed by atoms with Crippen molar-refractivity contribution in [3.05, 3.63) is 28.2 Å². The van der Waals surface area contributed by atoms with E-state index in [2.05, 4.69) is 33.8 Å². The van der Waals surface area contributed by atoms with Gasteiger partial charge in [0.2, 0.25) is 0 Å². The Morgan fingerprint density at radius 1 is 1.33 bits per heavy atom. The van der Waals surface area contributed by atoms with Crippen molar-refractivity contribution in [1.82, 2.24) is 4.90 Å². The Morgan fingerprint density at radius 2 is 2.11 bits per heavy atom. The molecular formula is C14H20BrNO2. The molecule has 18 heavy (non-hydrogen) atoms. The van der Waals surface area contributed by atoms with Crippen molar-refractivity contribution < 1.29 is 9.47 Å². The van der Waals surface area contributed by atoms with E-state index in [1.54, 1.807) is 0 Å². The molecule has 1 saturated heterocycles. The zero-order valence-electron chi connectivity index (χ0n) is 10.8. The molecule has 1 aliphatic rings. The molecule has 2 rings (SSSR count). The number of benzene rings is 1. The van der Waals surface area contributed by atoms with Crippen molar-refractivity contribution in [3.8, 4) is 5.75 Å². The highest BCUT2D eigenvalue weighted by Crippen LogP contribution is 2.22. The SMILES string of the molecule is Cc1cc(Br)ccc1OCCCN1CCOCC1. The van der Waals surface area contributed by atoms with Gasteiger partial charge in [0.05, 0.1) is 19.8 Å². The van der Waals surface area contributed by atoms with Crippen molar-refractivity contribution in [2.75, 3.05) is 39.5 Å². The van der Waals surface area contributed by atoms with Gasteiger partial charge in [-0.3, -0.25) is 4.90 Å². The molecule has 0 atom stereocenters. The van der Waals surface area contributed by atoms with Gasteiger partial charge in [0.25, 0.3) is 0 Å². The summed E-state index contributed by atoms with van der Waals surface area (Å²) in [4.78, 5) is 2.43. The molecule has 3 nitrogen and oxygen atoms in total. The van der Waals surface area contributed by atoms with Crippen LogP contribution in [0.4, 0.5) is 0 Å². The molecule has 1 aromatic rings. The summed E-state index contributed by atoms with van der Waals surface area (Å²) < 4.78 is 12.2. The molecular weight excluding hydrogens is 294 g/mol. The highest BCUT2D eigenvalue weighted by atomic mass is 79.9. The number of hydrogen-bond acceptors (Lipinski definition) is 3. The molecule has 0 N–H and O–H groups in total. The molecule has 0 bridgehead atoms. The number of nitrogens with zero attached hydrogens (tertiary/aromatic N) is 1. The molecule has 0 amide bonds. The zero-order valence-corrected chi connectivity index (χ0v) is 12.4. The molecule has 0 aromatic heterocycles. The first-order valence-electron chi connectivity index (χ1n) is 6.45. The molecule has 1 aromatic carbocycles. The number of ether oxygens (including phenoxy) is 2. The van der Waals surface area contributed by atoms with E-state index in [9.17, 15) is 0 Å². The molecule has 4 heteroatoms. The summed E-state index contributed by atoms with van der Waals surface area (Å²) in [6.45, 7) is 7.79. The highest BCUT2D eigenvalue weighted by Gasteiger charge is 2.09. The summed E-state index contributed by atoms with van der Waals surface area (Å²) in [6, 6.07) is 6.12. The lowest BCUT2D eigenvalue weighted by Crippen LogP contribution is -2.37. The first-order valence-corrected chi connectivity index (χ1v) is 7.24. The Balaban J connectivity index is 1.68. The standard InChI is InChI=1S/C14H20BrNO2/c1-12-11-13(15)3-4-14(12)18-8-2-5-16-6-9-17-10-7-16/h3-4,11H,2,5-10H2,1H3. The maximum atomic E-state index is 5.80. The van der Waals surface area contributed by atoms with Gasteiger partial charge >= 0.3 is 0 Å². The van der Waals surface area contributed by atoms with Gasteiger partial charge in [-0.25, -0.2) is 0 Å². The molecule has 0 aliphatic carbocycles. The Kier molecular flexibility index (Phi) is 5.47. The van der Waals surface area contributed by atoms with Crippen molar-refractivity contribution >= 4 is 15.9 Å². The Bertz CT molecular complexity index is 378. The molecule has 0 saturated carbocycles. The van der Waals surface area contributed by atoms with E-state index in [1.807, 2.05) is 12.1 Å². The molecule has 100 valence electrons. The fourth-order valence-electron chi connectivity index (χ4n) is 2.07. The fourth-order valence-corrected chi connectivity index (χ4v) is 2.55. The number of hydrogen-bond donors (Lipinski definition) is 0. The summed E-state index contributed by atoms with van der Waals surface area (Å²) in [7, 11) is 0. The van der Waals surface area contributed by atoms with Crippen LogP contribution in [0, 0.1) is 6.92 Å². The summed E-state index contributed by atoms with van der Waals surface area (Å²) in [6.07, 6.45) is 1.06. The third-order valence-electron chi connectivity index (χ3n) is 3.12. The largest absolute Gasteiger partial charge is 0.493 e.